The predicted octanol–water partition coefficient (Wildman–Crippen LogP) is 1.88. The Morgan fingerprint density at radius 2 is 2.05 bits per heavy atom. The lowest BCUT2D eigenvalue weighted by Gasteiger charge is -2.15. The van der Waals surface area contributed by atoms with Crippen LogP contribution in [0.15, 0.2) is 36.5 Å². The number of hydrogen-bond acceptors (Lipinski definition) is 3. The van der Waals surface area contributed by atoms with Crippen molar-refractivity contribution >= 4 is 16.8 Å². The van der Waals surface area contributed by atoms with Gasteiger partial charge in [-0.05, 0) is 24.0 Å². The van der Waals surface area contributed by atoms with Crippen LogP contribution in [-0.2, 0) is 11.2 Å². The van der Waals surface area contributed by atoms with Crippen LogP contribution in [0.4, 0.5) is 0 Å². The van der Waals surface area contributed by atoms with Gasteiger partial charge in [0.05, 0.1) is 11.6 Å². The van der Waals surface area contributed by atoms with Crippen molar-refractivity contribution in [3.63, 3.8) is 0 Å². The number of carbonyl (C=O) groups excluding carboxylic acids is 1. The molecule has 4 heteroatoms. The molecule has 4 nitrogen and oxygen atoms in total. The summed E-state index contributed by atoms with van der Waals surface area (Å²) in [7, 11) is 0. The zero-order chi connectivity index (χ0) is 14.5. The van der Waals surface area contributed by atoms with E-state index in [1.165, 1.54) is 0 Å². The number of rotatable bonds is 5. The molecule has 0 aliphatic carbocycles. The third-order valence-corrected chi connectivity index (χ3v) is 3.43. The lowest BCUT2D eigenvalue weighted by Crippen LogP contribution is -2.44. The number of para-hydroxylation sites is 1. The van der Waals surface area contributed by atoms with Crippen molar-refractivity contribution in [3.05, 3.63) is 42.1 Å². The van der Waals surface area contributed by atoms with Gasteiger partial charge >= 0.3 is 0 Å². The number of aromatic nitrogens is 1. The van der Waals surface area contributed by atoms with Gasteiger partial charge in [-0.2, -0.15) is 0 Å². The quantitative estimate of drug-likeness (QED) is 0.872. The van der Waals surface area contributed by atoms with Crippen molar-refractivity contribution in [2.45, 2.75) is 26.3 Å². The summed E-state index contributed by atoms with van der Waals surface area (Å²) >= 11 is 0. The number of carbonyl (C=O) groups is 1. The van der Waals surface area contributed by atoms with E-state index >= 15 is 0 Å². The molecule has 3 N–H and O–H groups in total. The number of nitrogens with zero attached hydrogens (tertiary/aromatic N) is 1. The maximum absolute atomic E-state index is 11.8. The molecule has 1 aromatic carbocycles. The summed E-state index contributed by atoms with van der Waals surface area (Å²) in [6, 6.07) is 9.62. The number of pyridine rings is 1. The van der Waals surface area contributed by atoms with Crippen molar-refractivity contribution in [2.24, 2.45) is 11.7 Å². The number of nitrogens with one attached hydrogen (secondary N) is 1. The second-order valence-electron chi connectivity index (χ2n) is 5.30. The third kappa shape index (κ3) is 3.33. The van der Waals surface area contributed by atoms with Gasteiger partial charge in [0.1, 0.15) is 0 Å². The summed E-state index contributed by atoms with van der Waals surface area (Å²) in [5, 5.41) is 4.01. The van der Waals surface area contributed by atoms with Gasteiger partial charge in [0.25, 0.3) is 0 Å². The fourth-order valence-corrected chi connectivity index (χ4v) is 2.11. The third-order valence-electron chi connectivity index (χ3n) is 3.43. The van der Waals surface area contributed by atoms with Gasteiger partial charge in [0.2, 0.25) is 5.91 Å². The summed E-state index contributed by atoms with van der Waals surface area (Å²) in [5.74, 6) is 0.0578. The Hall–Kier alpha value is -1.94. The first kappa shape index (κ1) is 14.5. The molecule has 20 heavy (non-hydrogen) atoms. The van der Waals surface area contributed by atoms with Gasteiger partial charge in [-0.1, -0.05) is 38.1 Å². The first-order valence-corrected chi connectivity index (χ1v) is 6.95. The normalized spacial score (nSPS) is 12.6. The summed E-state index contributed by atoms with van der Waals surface area (Å²) in [6.45, 7) is 4.46. The highest BCUT2D eigenvalue weighted by Gasteiger charge is 2.16. The zero-order valence-electron chi connectivity index (χ0n) is 12.0. The first-order valence-electron chi connectivity index (χ1n) is 6.95. The lowest BCUT2D eigenvalue weighted by molar-refractivity contribution is -0.123. The van der Waals surface area contributed by atoms with E-state index in [-0.39, 0.29) is 11.8 Å². The summed E-state index contributed by atoms with van der Waals surface area (Å²) in [6.07, 6.45) is 2.55. The monoisotopic (exact) mass is 271 g/mol. The van der Waals surface area contributed by atoms with E-state index in [0.717, 1.165) is 22.9 Å². The average molecular weight is 271 g/mol. The molecule has 1 aromatic heterocycles. The van der Waals surface area contributed by atoms with Crippen LogP contribution in [0.3, 0.4) is 0 Å². The Balaban J connectivity index is 1.98. The smallest absolute Gasteiger partial charge is 0.237 e. The van der Waals surface area contributed by atoms with Crippen molar-refractivity contribution in [3.8, 4) is 0 Å². The van der Waals surface area contributed by atoms with E-state index in [4.69, 9.17) is 5.73 Å². The molecule has 2 aromatic rings. The average Bonchev–Trinajstić information content (AvgIpc) is 2.46. The van der Waals surface area contributed by atoms with E-state index in [2.05, 4.69) is 10.3 Å². The standard InChI is InChI=1S/C16H21N3O/c1-11(2)14(17)16(20)19-10-8-13-6-3-5-12-7-4-9-18-15(12)13/h3-7,9,11,14H,8,10,17H2,1-2H3,(H,19,20)/t14-/m0/s1. The molecule has 1 amide bonds. The van der Waals surface area contributed by atoms with E-state index in [1.807, 2.05) is 44.2 Å². The van der Waals surface area contributed by atoms with Gasteiger partial charge in [0, 0.05) is 18.1 Å². The fourth-order valence-electron chi connectivity index (χ4n) is 2.11. The molecule has 0 radical (unpaired) electrons. The van der Waals surface area contributed by atoms with E-state index in [0.29, 0.717) is 6.54 Å². The van der Waals surface area contributed by atoms with Crippen LogP contribution in [-0.4, -0.2) is 23.5 Å². The molecule has 0 spiro atoms. The van der Waals surface area contributed by atoms with Gasteiger partial charge in [-0.15, -0.1) is 0 Å². The Morgan fingerprint density at radius 1 is 1.30 bits per heavy atom. The Kier molecular flexibility index (Phi) is 4.69. The largest absolute Gasteiger partial charge is 0.354 e. The van der Waals surface area contributed by atoms with Crippen LogP contribution in [0.1, 0.15) is 19.4 Å². The highest BCUT2D eigenvalue weighted by Crippen LogP contribution is 2.15. The number of hydrogen-bond donors (Lipinski definition) is 2. The maximum Gasteiger partial charge on any atom is 0.237 e. The second kappa shape index (κ2) is 6.48. The summed E-state index contributed by atoms with van der Waals surface area (Å²) in [4.78, 5) is 16.2. The Bertz CT molecular complexity index is 590. The molecule has 106 valence electrons. The minimum absolute atomic E-state index is 0.0896. The van der Waals surface area contributed by atoms with Gasteiger partial charge in [0.15, 0.2) is 0 Å². The maximum atomic E-state index is 11.8. The molecule has 1 atom stereocenters. The molecular formula is C16H21N3O. The number of amides is 1. The van der Waals surface area contributed by atoms with Crippen LogP contribution in [0, 0.1) is 5.92 Å². The van der Waals surface area contributed by atoms with Crippen molar-refractivity contribution < 1.29 is 4.79 Å². The number of benzene rings is 1. The van der Waals surface area contributed by atoms with E-state index < -0.39 is 6.04 Å². The molecule has 0 fully saturated rings. The fraction of sp³-hybridized carbons (Fsp3) is 0.375. The molecule has 0 bridgehead atoms. The molecule has 0 aliphatic heterocycles. The number of fused-ring (bicyclic) bond motifs is 1. The molecule has 0 saturated carbocycles. The Morgan fingerprint density at radius 3 is 2.80 bits per heavy atom. The van der Waals surface area contributed by atoms with Gasteiger partial charge in [-0.3, -0.25) is 9.78 Å². The summed E-state index contributed by atoms with van der Waals surface area (Å²) in [5.41, 5.74) is 7.94. The van der Waals surface area contributed by atoms with Crippen LogP contribution < -0.4 is 11.1 Å². The van der Waals surface area contributed by atoms with Crippen molar-refractivity contribution in [1.29, 1.82) is 0 Å². The summed E-state index contributed by atoms with van der Waals surface area (Å²) < 4.78 is 0. The molecule has 2 rings (SSSR count). The van der Waals surface area contributed by atoms with Gasteiger partial charge in [-0.25, -0.2) is 0 Å². The molecule has 1 heterocycles. The molecule has 0 saturated heterocycles. The molecular weight excluding hydrogens is 250 g/mol. The minimum Gasteiger partial charge on any atom is -0.354 e. The van der Waals surface area contributed by atoms with Crippen LogP contribution >= 0.6 is 0 Å². The van der Waals surface area contributed by atoms with E-state index in [9.17, 15) is 4.79 Å². The van der Waals surface area contributed by atoms with Crippen molar-refractivity contribution in [1.82, 2.24) is 10.3 Å². The van der Waals surface area contributed by atoms with Crippen LogP contribution in [0.2, 0.25) is 0 Å². The number of nitrogens with two attached hydrogens (primary N) is 1. The highest BCUT2D eigenvalue weighted by molar-refractivity contribution is 5.82. The van der Waals surface area contributed by atoms with Crippen LogP contribution in [0.5, 0.6) is 0 Å². The minimum atomic E-state index is -0.444. The topological polar surface area (TPSA) is 68.0 Å². The Labute approximate surface area is 119 Å². The second-order valence-corrected chi connectivity index (χ2v) is 5.30. The van der Waals surface area contributed by atoms with Crippen molar-refractivity contribution in [2.75, 3.05) is 6.54 Å². The van der Waals surface area contributed by atoms with E-state index in [1.54, 1.807) is 6.20 Å². The van der Waals surface area contributed by atoms with Crippen LogP contribution in [0.25, 0.3) is 10.9 Å². The predicted molar refractivity (Wildman–Crippen MR) is 81.3 cm³/mol. The van der Waals surface area contributed by atoms with Gasteiger partial charge < -0.3 is 11.1 Å². The molecule has 0 aliphatic rings. The lowest BCUT2D eigenvalue weighted by atomic mass is 10.0. The molecule has 0 unspecified atom stereocenters. The first-order chi connectivity index (χ1) is 9.59. The highest BCUT2D eigenvalue weighted by atomic mass is 16.2. The SMILES string of the molecule is CC(C)[C@H](N)C(=O)NCCc1cccc2cccnc12. The zero-order valence-corrected chi connectivity index (χ0v) is 12.0.